The van der Waals surface area contributed by atoms with Gasteiger partial charge in [0.1, 0.15) is 0 Å². The summed E-state index contributed by atoms with van der Waals surface area (Å²) in [5.74, 6) is 6.25. The molecule has 2 rings (SSSR count). The number of anilines is 1. The van der Waals surface area contributed by atoms with Gasteiger partial charge in [-0.05, 0) is 6.42 Å². The van der Waals surface area contributed by atoms with Crippen molar-refractivity contribution in [1.82, 2.24) is 14.9 Å². The van der Waals surface area contributed by atoms with E-state index in [9.17, 15) is 4.79 Å². The lowest BCUT2D eigenvalue weighted by Gasteiger charge is -2.10. The number of hydrogen-bond acceptors (Lipinski definition) is 5. The third-order valence-electron chi connectivity index (χ3n) is 6.25. The summed E-state index contributed by atoms with van der Waals surface area (Å²) >= 11 is 0. The van der Waals surface area contributed by atoms with Gasteiger partial charge in [0.15, 0.2) is 5.69 Å². The molecule has 3 N–H and O–H groups in total. The fraction of sp³-hybridized carbons (Fsp3) is 0.667. The minimum Gasteiger partial charge on any atom is -0.353 e. The van der Waals surface area contributed by atoms with Crippen molar-refractivity contribution in [2.75, 3.05) is 17.7 Å². The predicted octanol–water partition coefficient (Wildman–Crippen LogP) is 6.69. The Morgan fingerprint density at radius 3 is 1.73 bits per heavy atom. The zero-order valence-electron chi connectivity index (χ0n) is 20.7. The molecule has 2 aromatic rings. The van der Waals surface area contributed by atoms with E-state index >= 15 is 0 Å². The van der Waals surface area contributed by atoms with Crippen molar-refractivity contribution in [2.45, 2.75) is 110 Å². The van der Waals surface area contributed by atoms with Crippen LogP contribution in [-0.2, 0) is 0 Å². The van der Waals surface area contributed by atoms with E-state index < -0.39 is 0 Å². The number of nitrogens with zero attached hydrogens (tertiary/aromatic N) is 3. The predicted molar refractivity (Wildman–Crippen MR) is 140 cm³/mol. The van der Waals surface area contributed by atoms with Crippen molar-refractivity contribution in [2.24, 2.45) is 0 Å². The van der Waals surface area contributed by atoms with Gasteiger partial charge < -0.3 is 11.2 Å². The van der Waals surface area contributed by atoms with E-state index in [0.717, 1.165) is 23.2 Å². The van der Waals surface area contributed by atoms with Gasteiger partial charge in [-0.3, -0.25) is 4.79 Å². The first kappa shape index (κ1) is 26.9. The molecule has 0 bridgehead atoms. The summed E-state index contributed by atoms with van der Waals surface area (Å²) < 4.78 is 1.06. The zero-order chi connectivity index (χ0) is 23.6. The number of aromatic nitrogens is 3. The molecule has 0 aliphatic heterocycles. The van der Waals surface area contributed by atoms with Crippen molar-refractivity contribution in [1.29, 1.82) is 0 Å². The lowest BCUT2D eigenvalue weighted by Crippen LogP contribution is -2.33. The Labute approximate surface area is 200 Å². The first-order chi connectivity index (χ1) is 16.2. The molecule has 0 unspecified atom stereocenters. The largest absolute Gasteiger partial charge is 0.353 e. The van der Waals surface area contributed by atoms with E-state index in [1.54, 1.807) is 0 Å². The second-order valence-corrected chi connectivity index (χ2v) is 9.14. The van der Waals surface area contributed by atoms with Crippen LogP contribution in [0.1, 0.15) is 110 Å². The van der Waals surface area contributed by atoms with Gasteiger partial charge in [-0.1, -0.05) is 134 Å². The van der Waals surface area contributed by atoms with Gasteiger partial charge in [0, 0.05) is 12.1 Å². The Balaban J connectivity index is 1.45. The van der Waals surface area contributed by atoms with Crippen LogP contribution >= 0.6 is 0 Å². The van der Waals surface area contributed by atoms with Crippen LogP contribution in [0.4, 0.5) is 5.95 Å². The molecule has 0 amide bonds. The number of nitrogens with one attached hydrogen (secondary N) is 1. The van der Waals surface area contributed by atoms with Crippen LogP contribution in [0.5, 0.6) is 0 Å². The minimum absolute atomic E-state index is 0.269. The highest BCUT2D eigenvalue weighted by Gasteiger charge is 2.11. The standard InChI is InChI=1S/C27H45N5O/c1-2-3-4-5-6-7-8-9-10-11-12-13-14-15-16-20-23-29-27-31-30-25(26(33)32(27)28)24-21-18-17-19-22-24/h17-19,21-22H,2-16,20,23,28H2,1H3,(H,29,31). The Kier molecular flexibility index (Phi) is 14.0. The molecule has 0 fully saturated rings. The van der Waals surface area contributed by atoms with Crippen LogP contribution in [0, 0.1) is 0 Å². The maximum Gasteiger partial charge on any atom is 0.300 e. The number of benzene rings is 1. The molecule has 1 heterocycles. The maximum absolute atomic E-state index is 12.5. The maximum atomic E-state index is 12.5. The van der Waals surface area contributed by atoms with E-state index in [1.165, 1.54) is 96.3 Å². The summed E-state index contributed by atoms with van der Waals surface area (Å²) in [5.41, 5.74) is 0.648. The number of hydrogen-bond donors (Lipinski definition) is 2. The summed E-state index contributed by atoms with van der Waals surface area (Å²) in [6, 6.07) is 9.28. The summed E-state index contributed by atoms with van der Waals surface area (Å²) in [6.45, 7) is 3.02. The molecule has 33 heavy (non-hydrogen) atoms. The van der Waals surface area contributed by atoms with Crippen molar-refractivity contribution in [3.63, 3.8) is 0 Å². The van der Waals surface area contributed by atoms with E-state index in [0.29, 0.717) is 5.95 Å². The third-order valence-corrected chi connectivity index (χ3v) is 6.25. The smallest absolute Gasteiger partial charge is 0.300 e. The molecule has 6 heteroatoms. The van der Waals surface area contributed by atoms with E-state index in [4.69, 9.17) is 5.84 Å². The van der Waals surface area contributed by atoms with Crippen molar-refractivity contribution in [3.8, 4) is 11.3 Å². The summed E-state index contributed by atoms with van der Waals surface area (Å²) in [6.07, 6.45) is 21.6. The molecule has 0 radical (unpaired) electrons. The van der Waals surface area contributed by atoms with Crippen LogP contribution in [0.15, 0.2) is 35.1 Å². The van der Waals surface area contributed by atoms with Gasteiger partial charge in [-0.2, -0.15) is 4.68 Å². The van der Waals surface area contributed by atoms with Gasteiger partial charge in [0.25, 0.3) is 5.56 Å². The fourth-order valence-corrected chi connectivity index (χ4v) is 4.17. The Bertz CT molecular complexity index is 806. The van der Waals surface area contributed by atoms with Crippen molar-refractivity contribution in [3.05, 3.63) is 40.7 Å². The topological polar surface area (TPSA) is 85.8 Å². The van der Waals surface area contributed by atoms with Crippen molar-refractivity contribution < 1.29 is 0 Å². The highest BCUT2D eigenvalue weighted by molar-refractivity contribution is 5.57. The highest BCUT2D eigenvalue weighted by atomic mass is 16.1. The van der Waals surface area contributed by atoms with Crippen LogP contribution < -0.4 is 16.7 Å². The molecule has 0 spiro atoms. The molecule has 1 aromatic heterocycles. The molecule has 0 saturated heterocycles. The average molecular weight is 456 g/mol. The van der Waals surface area contributed by atoms with Gasteiger partial charge >= 0.3 is 0 Å². The van der Waals surface area contributed by atoms with Crippen LogP contribution in [0.3, 0.4) is 0 Å². The number of rotatable bonds is 19. The summed E-state index contributed by atoms with van der Waals surface area (Å²) in [5, 5.41) is 11.3. The fourth-order valence-electron chi connectivity index (χ4n) is 4.17. The lowest BCUT2D eigenvalue weighted by molar-refractivity contribution is 0.530. The molecule has 0 aliphatic rings. The SMILES string of the molecule is CCCCCCCCCCCCCCCCCCNc1nnc(-c2ccccc2)c(=O)n1N. The van der Waals surface area contributed by atoms with Gasteiger partial charge in [-0.25, -0.2) is 0 Å². The van der Waals surface area contributed by atoms with Crippen LogP contribution in [0.25, 0.3) is 11.3 Å². The van der Waals surface area contributed by atoms with E-state index in [2.05, 4.69) is 22.4 Å². The number of nitrogens with two attached hydrogens (primary N) is 1. The lowest BCUT2D eigenvalue weighted by atomic mass is 10.0. The van der Waals surface area contributed by atoms with E-state index in [1.807, 2.05) is 30.3 Å². The molecular weight excluding hydrogens is 410 g/mol. The Hall–Kier alpha value is -2.37. The Morgan fingerprint density at radius 1 is 0.727 bits per heavy atom. The first-order valence-corrected chi connectivity index (χ1v) is 13.3. The van der Waals surface area contributed by atoms with Crippen LogP contribution in [-0.4, -0.2) is 21.4 Å². The first-order valence-electron chi connectivity index (χ1n) is 13.3. The average Bonchev–Trinajstić information content (AvgIpc) is 2.84. The monoisotopic (exact) mass is 455 g/mol. The minimum atomic E-state index is -0.342. The van der Waals surface area contributed by atoms with Gasteiger partial charge in [-0.15, -0.1) is 10.2 Å². The quantitative estimate of drug-likeness (QED) is 0.182. The van der Waals surface area contributed by atoms with Gasteiger partial charge in [0.05, 0.1) is 0 Å². The molecular formula is C27H45N5O. The molecule has 6 nitrogen and oxygen atoms in total. The van der Waals surface area contributed by atoms with Gasteiger partial charge in [0.2, 0.25) is 5.95 Å². The van der Waals surface area contributed by atoms with E-state index in [-0.39, 0.29) is 11.3 Å². The zero-order valence-corrected chi connectivity index (χ0v) is 20.7. The summed E-state index contributed by atoms with van der Waals surface area (Å²) in [7, 11) is 0. The third kappa shape index (κ3) is 10.9. The molecule has 0 atom stereocenters. The molecule has 184 valence electrons. The molecule has 0 aliphatic carbocycles. The number of nitrogen functional groups attached to an aromatic ring is 1. The van der Waals surface area contributed by atoms with Crippen molar-refractivity contribution >= 4 is 5.95 Å². The number of unbranched alkanes of at least 4 members (excludes halogenated alkanes) is 15. The second kappa shape index (κ2) is 17.2. The molecule has 1 aromatic carbocycles. The molecule has 0 saturated carbocycles. The highest BCUT2D eigenvalue weighted by Crippen LogP contribution is 2.14. The second-order valence-electron chi connectivity index (χ2n) is 9.14. The summed E-state index contributed by atoms with van der Waals surface area (Å²) in [4.78, 5) is 12.5. The Morgan fingerprint density at radius 2 is 1.21 bits per heavy atom. The van der Waals surface area contributed by atoms with Crippen LogP contribution in [0.2, 0.25) is 0 Å². The normalized spacial score (nSPS) is 11.1.